The predicted octanol–water partition coefficient (Wildman–Crippen LogP) is -8.74. The largest absolute Gasteiger partial charge is 0.480 e. The molecular weight excluding hydrogens is 780 g/mol. The van der Waals surface area contributed by atoms with Gasteiger partial charge in [0.2, 0.25) is 18.1 Å². The highest BCUT2D eigenvalue weighted by Gasteiger charge is 2.47. The molecule has 25 heteroatoms. The number of carboxylic acid groups (broad SMARTS) is 1. The van der Waals surface area contributed by atoms with Gasteiger partial charge in [-0.2, -0.15) is 0 Å². The topological polar surface area (TPSA) is 393 Å². The number of carbonyl (C=O) groups is 4. The molecule has 0 aromatic heterocycles. The molecule has 3 saturated heterocycles. The number of rotatable bonds is 21. The lowest BCUT2D eigenvalue weighted by Crippen LogP contribution is -2.59. The van der Waals surface area contributed by atoms with E-state index < -0.39 is 162 Å². The Morgan fingerprint density at radius 3 is 1.32 bits per heavy atom. The number of nitrogens with zero attached hydrogens (tertiary/aromatic N) is 2. The zero-order chi connectivity index (χ0) is 42.6. The molecule has 0 saturated carbocycles. The summed E-state index contributed by atoms with van der Waals surface area (Å²) in [6.45, 7) is -5.60. The van der Waals surface area contributed by atoms with Gasteiger partial charge in [-0.3, -0.25) is 19.2 Å². The van der Waals surface area contributed by atoms with Gasteiger partial charge < -0.3 is 105 Å². The lowest BCUT2D eigenvalue weighted by molar-refractivity contribution is -0.303. The summed E-state index contributed by atoms with van der Waals surface area (Å²) in [6, 6.07) is 0. The molecule has 25 nitrogen and oxygen atoms in total. The summed E-state index contributed by atoms with van der Waals surface area (Å²) < 4.78 is 31.6. The lowest BCUT2D eigenvalue weighted by Gasteiger charge is -2.40. The van der Waals surface area contributed by atoms with E-state index in [-0.39, 0.29) is 38.8 Å². The third-order valence-electron chi connectivity index (χ3n) is 9.46. The molecule has 3 rings (SSSR count). The van der Waals surface area contributed by atoms with Crippen molar-refractivity contribution in [3.8, 4) is 0 Å². The first-order chi connectivity index (χ1) is 26.9. The molecule has 0 bridgehead atoms. The van der Waals surface area contributed by atoms with Gasteiger partial charge in [-0.15, -0.1) is 0 Å². The highest BCUT2D eigenvalue weighted by Crippen LogP contribution is 2.25. The van der Waals surface area contributed by atoms with Crippen LogP contribution in [0.25, 0.3) is 0 Å². The summed E-state index contributed by atoms with van der Waals surface area (Å²) >= 11 is 0. The van der Waals surface area contributed by atoms with Crippen LogP contribution in [0.2, 0.25) is 0 Å². The van der Waals surface area contributed by atoms with Crippen LogP contribution in [0.4, 0.5) is 0 Å². The van der Waals surface area contributed by atoms with E-state index >= 15 is 0 Å². The monoisotopic (exact) mass is 834 g/mol. The Balaban J connectivity index is 1.61. The van der Waals surface area contributed by atoms with Gasteiger partial charge in [0.05, 0.1) is 33.0 Å². The maximum Gasteiger partial charge on any atom is 0.323 e. The number of aliphatic hydroxyl groups is 12. The van der Waals surface area contributed by atoms with Gasteiger partial charge in [0.1, 0.15) is 86.3 Å². The number of amides is 2. The fourth-order valence-electron chi connectivity index (χ4n) is 6.05. The molecule has 3 fully saturated rings. The summed E-state index contributed by atoms with van der Waals surface area (Å²) in [5, 5.41) is 128. The highest BCUT2D eigenvalue weighted by atomic mass is 16.7. The van der Waals surface area contributed by atoms with Gasteiger partial charge in [-0.1, -0.05) is 0 Å². The van der Waals surface area contributed by atoms with Crippen LogP contribution in [0.3, 0.4) is 0 Å². The van der Waals surface area contributed by atoms with E-state index in [2.05, 4.69) is 0 Å². The van der Waals surface area contributed by atoms with Crippen molar-refractivity contribution in [2.24, 2.45) is 0 Å². The van der Waals surface area contributed by atoms with E-state index in [0.29, 0.717) is 4.90 Å². The predicted molar refractivity (Wildman–Crippen MR) is 179 cm³/mol. The maximum atomic E-state index is 13.6. The first-order valence-electron chi connectivity index (χ1n) is 18.1. The molecule has 3 aliphatic heterocycles. The third-order valence-corrected chi connectivity index (χ3v) is 9.46. The second-order valence-electron chi connectivity index (χ2n) is 13.6. The lowest BCUT2D eigenvalue weighted by atomic mass is 9.99. The summed E-state index contributed by atoms with van der Waals surface area (Å²) in [5.41, 5.74) is 0. The average molecular weight is 835 g/mol. The Morgan fingerprint density at radius 1 is 0.491 bits per heavy atom. The fourth-order valence-corrected chi connectivity index (χ4v) is 6.05. The quantitative estimate of drug-likeness (QED) is 0.0377. The molecule has 2 amide bonds. The Bertz CT molecular complexity index is 1230. The summed E-state index contributed by atoms with van der Waals surface area (Å²) in [5.74, 6) is -4.11. The molecule has 15 atom stereocenters. The van der Waals surface area contributed by atoms with Gasteiger partial charge in [0.15, 0.2) is 12.6 Å². The summed E-state index contributed by atoms with van der Waals surface area (Å²) in [6.07, 6.45) is -25.2. The molecule has 0 aromatic rings. The van der Waals surface area contributed by atoms with Crippen LogP contribution in [0.5, 0.6) is 0 Å². The van der Waals surface area contributed by atoms with Gasteiger partial charge in [-0.05, 0) is 12.8 Å². The van der Waals surface area contributed by atoms with Crippen LogP contribution in [0, 0.1) is 0 Å². The summed E-state index contributed by atoms with van der Waals surface area (Å²) in [4.78, 5) is 52.4. The van der Waals surface area contributed by atoms with E-state index in [1.165, 1.54) is 0 Å². The first kappa shape index (κ1) is 48.6. The van der Waals surface area contributed by atoms with Crippen LogP contribution in [-0.2, 0) is 47.6 Å². The number of aliphatic carboxylic acids is 1. The van der Waals surface area contributed by atoms with Crippen molar-refractivity contribution < 1.29 is 114 Å². The van der Waals surface area contributed by atoms with Gasteiger partial charge in [-0.25, -0.2) is 0 Å². The standard InChI is InChI=1S/C32H54N2O23/c35-11-14-21(43)24(46)27(49)30(54-14)52-7-5-33(6-8-53-31-28(50)25(47)22(44)15(12-36)55-31)18(39)9-34(10-19(40)41)17(38)3-1-2-4-20(42)57-32-29(51)26(48)23(45)16(13-37)56-32/h14-16,21-32,35-37,43-51H,1-13H2,(H,40,41)/t14-,15-,16-,21-,22-,23-,24+,25+,26+,27+,28+,29+,30+,31+,32-/m1/s1. The number of carbonyl (C=O) groups excluding carboxylic acids is 3. The molecule has 3 heterocycles. The summed E-state index contributed by atoms with van der Waals surface area (Å²) in [7, 11) is 0. The number of aliphatic hydroxyl groups excluding tert-OH is 12. The van der Waals surface area contributed by atoms with Crippen molar-refractivity contribution in [2.45, 2.75) is 118 Å². The van der Waals surface area contributed by atoms with Crippen molar-refractivity contribution in [3.63, 3.8) is 0 Å². The Labute approximate surface area is 324 Å². The third kappa shape index (κ3) is 13.4. The molecule has 0 unspecified atom stereocenters. The minimum atomic E-state index is -1.83. The first-order valence-corrected chi connectivity index (χ1v) is 18.1. The van der Waals surface area contributed by atoms with Crippen molar-refractivity contribution >= 4 is 23.8 Å². The Morgan fingerprint density at radius 2 is 0.895 bits per heavy atom. The Kier molecular flexibility index (Phi) is 19.7. The molecule has 0 aromatic carbocycles. The SMILES string of the molecule is O=C(O)CN(CC(=O)N(CCO[C@H]1O[C@H](CO)[C@@H](O)[C@H](O)[C@@H]1O)CCO[C@H]1O[C@H](CO)[C@@H](O)[C@H](O)[C@@H]1O)C(=O)CCCCC(=O)O[C@H]1O[C@H](CO)[C@@H](O)[C@H](O)[C@@H]1O. The molecule has 0 spiro atoms. The zero-order valence-corrected chi connectivity index (χ0v) is 30.6. The van der Waals surface area contributed by atoms with E-state index in [1.807, 2.05) is 0 Å². The Hall–Kier alpha value is -2.80. The second-order valence-corrected chi connectivity index (χ2v) is 13.6. The molecule has 3 aliphatic rings. The fraction of sp³-hybridized carbons (Fsp3) is 0.875. The number of hydrogen-bond donors (Lipinski definition) is 13. The normalized spacial score (nSPS) is 35.7. The molecule has 13 N–H and O–H groups in total. The molecule has 330 valence electrons. The van der Waals surface area contributed by atoms with Crippen LogP contribution in [0.15, 0.2) is 0 Å². The van der Waals surface area contributed by atoms with E-state index in [1.54, 1.807) is 0 Å². The minimum Gasteiger partial charge on any atom is -0.480 e. The van der Waals surface area contributed by atoms with Crippen molar-refractivity contribution in [2.75, 3.05) is 59.2 Å². The van der Waals surface area contributed by atoms with E-state index in [0.717, 1.165) is 4.90 Å². The van der Waals surface area contributed by atoms with Crippen molar-refractivity contribution in [3.05, 3.63) is 0 Å². The van der Waals surface area contributed by atoms with Crippen LogP contribution in [-0.4, -0.2) is 251 Å². The van der Waals surface area contributed by atoms with E-state index in [4.69, 9.17) is 28.4 Å². The number of carboxylic acids is 1. The molecule has 0 radical (unpaired) electrons. The van der Waals surface area contributed by atoms with Crippen LogP contribution in [0.1, 0.15) is 25.7 Å². The molecular formula is C32H54N2O23. The van der Waals surface area contributed by atoms with Gasteiger partial charge in [0.25, 0.3) is 0 Å². The highest BCUT2D eigenvalue weighted by molar-refractivity contribution is 5.87. The number of ether oxygens (including phenoxy) is 6. The molecule has 0 aliphatic carbocycles. The van der Waals surface area contributed by atoms with Crippen molar-refractivity contribution in [1.82, 2.24) is 9.80 Å². The minimum absolute atomic E-state index is 0.00639. The number of unbranched alkanes of at least 4 members (excludes halogenated alkanes) is 1. The number of hydrogen-bond acceptors (Lipinski definition) is 22. The smallest absolute Gasteiger partial charge is 0.323 e. The average Bonchev–Trinajstić information content (AvgIpc) is 3.18. The van der Waals surface area contributed by atoms with Crippen LogP contribution < -0.4 is 0 Å². The second kappa shape index (κ2) is 23.1. The zero-order valence-electron chi connectivity index (χ0n) is 30.6. The van der Waals surface area contributed by atoms with E-state index in [9.17, 15) is 85.6 Å². The van der Waals surface area contributed by atoms with Crippen molar-refractivity contribution in [1.29, 1.82) is 0 Å². The van der Waals surface area contributed by atoms with Gasteiger partial charge >= 0.3 is 11.9 Å². The maximum absolute atomic E-state index is 13.6. The number of esters is 1. The van der Waals surface area contributed by atoms with Crippen LogP contribution >= 0.6 is 0 Å². The molecule has 57 heavy (non-hydrogen) atoms. The van der Waals surface area contributed by atoms with Gasteiger partial charge in [0, 0.05) is 25.9 Å².